The first-order chi connectivity index (χ1) is 10.1. The zero-order valence-corrected chi connectivity index (χ0v) is 13.1. The number of pyridine rings is 1. The Labute approximate surface area is 132 Å². The van der Waals surface area contributed by atoms with Crippen molar-refractivity contribution in [1.29, 1.82) is 0 Å². The quantitative estimate of drug-likeness (QED) is 0.724. The van der Waals surface area contributed by atoms with Crippen molar-refractivity contribution in [2.24, 2.45) is 5.73 Å². The van der Waals surface area contributed by atoms with Crippen LogP contribution in [0.2, 0.25) is 0 Å². The number of para-hydroxylation sites is 1. The van der Waals surface area contributed by atoms with Gasteiger partial charge in [0, 0.05) is 22.0 Å². The average Bonchev–Trinajstić information content (AvgIpc) is 2.89. The van der Waals surface area contributed by atoms with Crippen LogP contribution in [-0.2, 0) is 6.54 Å². The first-order valence-electron chi connectivity index (χ1n) is 6.48. The second kappa shape index (κ2) is 5.75. The number of anilines is 1. The normalized spacial score (nSPS) is 10.7. The van der Waals surface area contributed by atoms with Gasteiger partial charge >= 0.3 is 0 Å². The molecule has 3 rings (SSSR count). The predicted octanol–water partition coefficient (Wildman–Crippen LogP) is 3.25. The first kappa shape index (κ1) is 13.9. The molecule has 3 aromatic rings. The highest BCUT2D eigenvalue weighted by atomic mass is 32.1. The molecule has 0 fully saturated rings. The number of nitrogens with one attached hydrogen (secondary N) is 1. The van der Waals surface area contributed by atoms with E-state index >= 15 is 0 Å². The van der Waals surface area contributed by atoms with Gasteiger partial charge in [0.05, 0.1) is 12.1 Å². The molecule has 2 heterocycles. The Morgan fingerprint density at radius 2 is 2.19 bits per heavy atom. The maximum absolute atomic E-state index is 5.82. The topological polar surface area (TPSA) is 63.8 Å². The van der Waals surface area contributed by atoms with Gasteiger partial charge in [-0.25, -0.2) is 9.97 Å². The van der Waals surface area contributed by atoms with Gasteiger partial charge in [-0.2, -0.15) is 0 Å². The SMILES string of the molecule is Cc1cnc(CNc2cc(C(N)=S)c3ccccc3n2)s1. The molecule has 1 aromatic carbocycles. The van der Waals surface area contributed by atoms with E-state index in [4.69, 9.17) is 18.0 Å². The monoisotopic (exact) mass is 314 g/mol. The van der Waals surface area contributed by atoms with Crippen LogP contribution < -0.4 is 11.1 Å². The zero-order chi connectivity index (χ0) is 14.8. The number of aromatic nitrogens is 2. The van der Waals surface area contributed by atoms with Gasteiger partial charge < -0.3 is 11.1 Å². The highest BCUT2D eigenvalue weighted by Crippen LogP contribution is 2.21. The lowest BCUT2D eigenvalue weighted by molar-refractivity contribution is 1.08. The lowest BCUT2D eigenvalue weighted by atomic mass is 10.1. The van der Waals surface area contributed by atoms with E-state index in [1.165, 1.54) is 4.88 Å². The summed E-state index contributed by atoms with van der Waals surface area (Å²) >= 11 is 6.81. The van der Waals surface area contributed by atoms with E-state index in [2.05, 4.69) is 15.3 Å². The highest BCUT2D eigenvalue weighted by Gasteiger charge is 2.08. The van der Waals surface area contributed by atoms with Crippen LogP contribution >= 0.6 is 23.6 Å². The number of nitrogens with zero attached hydrogens (tertiary/aromatic N) is 2. The van der Waals surface area contributed by atoms with E-state index in [1.54, 1.807) is 11.3 Å². The van der Waals surface area contributed by atoms with Crippen molar-refractivity contribution in [2.45, 2.75) is 13.5 Å². The van der Waals surface area contributed by atoms with Gasteiger partial charge in [0.25, 0.3) is 0 Å². The van der Waals surface area contributed by atoms with Crippen LogP contribution in [0.1, 0.15) is 15.4 Å². The number of benzene rings is 1. The Kier molecular flexibility index (Phi) is 3.81. The Hall–Kier alpha value is -2.05. The maximum atomic E-state index is 5.82. The largest absolute Gasteiger partial charge is 0.389 e. The van der Waals surface area contributed by atoms with Gasteiger partial charge in [-0.05, 0) is 19.1 Å². The van der Waals surface area contributed by atoms with E-state index in [1.807, 2.05) is 43.5 Å². The van der Waals surface area contributed by atoms with Crippen LogP contribution in [0.3, 0.4) is 0 Å². The van der Waals surface area contributed by atoms with Gasteiger partial charge in [0.2, 0.25) is 0 Å². The number of fused-ring (bicyclic) bond motifs is 1. The summed E-state index contributed by atoms with van der Waals surface area (Å²) in [5, 5.41) is 5.28. The number of rotatable bonds is 4. The zero-order valence-electron chi connectivity index (χ0n) is 11.5. The fourth-order valence-electron chi connectivity index (χ4n) is 2.12. The fraction of sp³-hybridized carbons (Fsp3) is 0.133. The highest BCUT2D eigenvalue weighted by molar-refractivity contribution is 7.80. The van der Waals surface area contributed by atoms with Gasteiger partial charge in [0.1, 0.15) is 15.8 Å². The standard InChI is InChI=1S/C15H14N4S2/c1-9-7-18-14(21-9)8-17-13-6-11(15(16)20)10-4-2-3-5-12(10)19-13/h2-7H,8H2,1H3,(H2,16,20)(H,17,19). The smallest absolute Gasteiger partial charge is 0.127 e. The summed E-state index contributed by atoms with van der Waals surface area (Å²) in [7, 11) is 0. The lowest BCUT2D eigenvalue weighted by Gasteiger charge is -2.09. The van der Waals surface area contributed by atoms with Gasteiger partial charge in [0.15, 0.2) is 0 Å². The molecule has 6 heteroatoms. The molecule has 0 aliphatic carbocycles. The molecule has 106 valence electrons. The molecule has 0 unspecified atom stereocenters. The molecular formula is C15H14N4S2. The summed E-state index contributed by atoms with van der Waals surface area (Å²) in [6.07, 6.45) is 1.87. The summed E-state index contributed by atoms with van der Waals surface area (Å²) in [5.74, 6) is 0.754. The first-order valence-corrected chi connectivity index (χ1v) is 7.71. The molecule has 0 amide bonds. The molecule has 0 spiro atoms. The van der Waals surface area contributed by atoms with Crippen molar-refractivity contribution < 1.29 is 0 Å². The van der Waals surface area contributed by atoms with Gasteiger partial charge in [-0.1, -0.05) is 30.4 Å². The summed E-state index contributed by atoms with van der Waals surface area (Å²) in [6, 6.07) is 9.73. The Balaban J connectivity index is 1.93. The van der Waals surface area contributed by atoms with Crippen molar-refractivity contribution in [2.75, 3.05) is 5.32 Å². The molecule has 0 aliphatic heterocycles. The minimum absolute atomic E-state index is 0.377. The minimum atomic E-state index is 0.377. The molecule has 2 aromatic heterocycles. The van der Waals surface area contributed by atoms with Gasteiger partial charge in [-0.3, -0.25) is 0 Å². The van der Waals surface area contributed by atoms with Crippen LogP contribution in [0.5, 0.6) is 0 Å². The lowest BCUT2D eigenvalue weighted by Crippen LogP contribution is -2.11. The van der Waals surface area contributed by atoms with Crippen LogP contribution in [0.15, 0.2) is 36.5 Å². The number of hydrogen-bond acceptors (Lipinski definition) is 5. The number of nitrogens with two attached hydrogens (primary N) is 1. The summed E-state index contributed by atoms with van der Waals surface area (Å²) in [6.45, 7) is 2.68. The third kappa shape index (κ3) is 3.01. The molecule has 0 bridgehead atoms. The molecule has 0 aliphatic rings. The van der Waals surface area contributed by atoms with Crippen molar-refractivity contribution in [1.82, 2.24) is 9.97 Å². The predicted molar refractivity (Wildman–Crippen MR) is 91.8 cm³/mol. The van der Waals surface area contributed by atoms with Crippen LogP contribution in [0.4, 0.5) is 5.82 Å². The third-order valence-electron chi connectivity index (χ3n) is 3.07. The molecule has 0 saturated heterocycles. The Morgan fingerprint density at radius 1 is 1.38 bits per heavy atom. The maximum Gasteiger partial charge on any atom is 0.127 e. The number of aryl methyl sites for hydroxylation is 1. The second-order valence-corrected chi connectivity index (χ2v) is 6.41. The summed E-state index contributed by atoms with van der Waals surface area (Å²) in [5.41, 5.74) is 7.54. The summed E-state index contributed by atoms with van der Waals surface area (Å²) in [4.78, 5) is 10.5. The van der Waals surface area contributed by atoms with E-state index in [0.717, 1.165) is 27.3 Å². The van der Waals surface area contributed by atoms with Crippen molar-refractivity contribution in [3.8, 4) is 0 Å². The minimum Gasteiger partial charge on any atom is -0.389 e. The van der Waals surface area contributed by atoms with Crippen LogP contribution in [0.25, 0.3) is 10.9 Å². The third-order valence-corrected chi connectivity index (χ3v) is 4.20. The van der Waals surface area contributed by atoms with E-state index in [0.29, 0.717) is 11.5 Å². The molecular weight excluding hydrogens is 300 g/mol. The molecule has 0 saturated carbocycles. The summed E-state index contributed by atoms with van der Waals surface area (Å²) < 4.78 is 0. The number of thiazole rings is 1. The van der Waals surface area contributed by atoms with E-state index in [-0.39, 0.29) is 0 Å². The Bertz CT molecular complexity index is 810. The van der Waals surface area contributed by atoms with Gasteiger partial charge in [-0.15, -0.1) is 11.3 Å². The van der Waals surface area contributed by atoms with Crippen LogP contribution in [-0.4, -0.2) is 15.0 Å². The van der Waals surface area contributed by atoms with E-state index < -0.39 is 0 Å². The van der Waals surface area contributed by atoms with Crippen molar-refractivity contribution in [3.05, 3.63) is 52.0 Å². The van der Waals surface area contributed by atoms with E-state index in [9.17, 15) is 0 Å². The molecule has 0 atom stereocenters. The number of thiocarbonyl (C=S) groups is 1. The molecule has 21 heavy (non-hydrogen) atoms. The second-order valence-electron chi connectivity index (χ2n) is 4.65. The molecule has 3 N–H and O–H groups in total. The Morgan fingerprint density at radius 3 is 2.90 bits per heavy atom. The van der Waals surface area contributed by atoms with Crippen molar-refractivity contribution in [3.63, 3.8) is 0 Å². The fourth-order valence-corrected chi connectivity index (χ4v) is 3.01. The molecule has 0 radical (unpaired) electrons. The average molecular weight is 314 g/mol. The van der Waals surface area contributed by atoms with Crippen LogP contribution in [0, 0.1) is 6.92 Å². The van der Waals surface area contributed by atoms with Crippen molar-refractivity contribution >= 4 is 45.3 Å². The molecule has 4 nitrogen and oxygen atoms in total. The number of hydrogen-bond donors (Lipinski definition) is 2.